The number of halogens is 2. The Kier molecular flexibility index (Phi) is 4.21. The van der Waals surface area contributed by atoms with E-state index >= 15 is 0 Å². The van der Waals surface area contributed by atoms with E-state index in [1.54, 1.807) is 17.6 Å². The molecule has 2 aromatic heterocycles. The van der Waals surface area contributed by atoms with E-state index in [4.69, 9.17) is 16.7 Å². The second-order valence-electron chi connectivity index (χ2n) is 3.46. The van der Waals surface area contributed by atoms with Crippen molar-refractivity contribution in [1.82, 2.24) is 4.98 Å². The van der Waals surface area contributed by atoms with Crippen molar-refractivity contribution in [2.45, 2.75) is 6.54 Å². The minimum atomic E-state index is -0.909. The molecular weight excluding hydrogens is 340 g/mol. The first-order valence-corrected chi connectivity index (χ1v) is 6.97. The highest BCUT2D eigenvalue weighted by molar-refractivity contribution is 9.10. The summed E-state index contributed by atoms with van der Waals surface area (Å²) in [6, 6.07) is 3.47. The minimum Gasteiger partial charge on any atom is -0.478 e. The van der Waals surface area contributed by atoms with Crippen molar-refractivity contribution in [2.75, 3.05) is 5.32 Å². The summed E-state index contributed by atoms with van der Waals surface area (Å²) in [5.74, 6) is -0.909. The molecule has 0 bridgehead atoms. The van der Waals surface area contributed by atoms with Gasteiger partial charge in [0.05, 0.1) is 21.9 Å². The maximum absolute atomic E-state index is 10.7. The summed E-state index contributed by atoms with van der Waals surface area (Å²) < 4.78 is 0.714. The molecule has 7 heteroatoms. The average Bonchev–Trinajstić information content (AvgIpc) is 2.79. The number of hydrogen-bond donors (Lipinski definition) is 2. The fourth-order valence-electron chi connectivity index (χ4n) is 1.29. The van der Waals surface area contributed by atoms with E-state index in [2.05, 4.69) is 26.2 Å². The van der Waals surface area contributed by atoms with Crippen LogP contribution >= 0.6 is 38.9 Å². The van der Waals surface area contributed by atoms with Crippen LogP contribution in [0.3, 0.4) is 0 Å². The van der Waals surface area contributed by atoms with Gasteiger partial charge >= 0.3 is 5.97 Å². The predicted molar refractivity (Wildman–Crippen MR) is 75.6 cm³/mol. The van der Waals surface area contributed by atoms with E-state index in [1.807, 2.05) is 6.07 Å². The highest BCUT2D eigenvalue weighted by atomic mass is 79.9. The van der Waals surface area contributed by atoms with Crippen LogP contribution in [-0.4, -0.2) is 16.1 Å². The second kappa shape index (κ2) is 5.69. The number of pyridine rings is 1. The number of nitrogens with zero attached hydrogens (tertiary/aromatic N) is 1. The molecule has 2 rings (SSSR count). The van der Waals surface area contributed by atoms with E-state index < -0.39 is 5.97 Å². The molecule has 0 fully saturated rings. The van der Waals surface area contributed by atoms with Crippen LogP contribution in [0.15, 0.2) is 28.2 Å². The number of carboxylic acid groups (broad SMARTS) is 1. The van der Waals surface area contributed by atoms with Crippen molar-refractivity contribution in [2.24, 2.45) is 0 Å². The van der Waals surface area contributed by atoms with Crippen LogP contribution in [0.25, 0.3) is 0 Å². The Morgan fingerprint density at radius 2 is 2.33 bits per heavy atom. The smallest absolute Gasteiger partial charge is 0.336 e. The third-order valence-corrected chi connectivity index (χ3v) is 4.23. The number of aromatic carboxylic acids is 1. The van der Waals surface area contributed by atoms with Gasteiger partial charge in [-0.3, -0.25) is 0 Å². The number of carbonyl (C=O) groups is 1. The van der Waals surface area contributed by atoms with E-state index in [-0.39, 0.29) is 0 Å². The van der Waals surface area contributed by atoms with E-state index in [9.17, 15) is 4.79 Å². The van der Waals surface area contributed by atoms with Crippen molar-refractivity contribution < 1.29 is 9.90 Å². The van der Waals surface area contributed by atoms with Gasteiger partial charge in [-0.1, -0.05) is 11.6 Å². The number of nitrogens with one attached hydrogen (secondary N) is 1. The summed E-state index contributed by atoms with van der Waals surface area (Å²) in [4.78, 5) is 15.7. The molecule has 0 saturated heterocycles. The third-order valence-electron chi connectivity index (χ3n) is 2.16. The van der Waals surface area contributed by atoms with Gasteiger partial charge < -0.3 is 10.4 Å². The van der Waals surface area contributed by atoms with Crippen molar-refractivity contribution in [1.29, 1.82) is 0 Å². The number of rotatable bonds is 4. The molecule has 2 N–H and O–H groups in total. The third kappa shape index (κ3) is 3.22. The Hall–Kier alpha value is -1.11. The van der Waals surface area contributed by atoms with Crippen LogP contribution in [-0.2, 0) is 6.54 Å². The molecule has 0 atom stereocenters. The van der Waals surface area contributed by atoms with E-state index in [1.165, 1.54) is 11.3 Å². The number of carboxylic acids is 1. The second-order valence-corrected chi connectivity index (χ2v) is 5.67. The van der Waals surface area contributed by atoms with Gasteiger partial charge in [0.15, 0.2) is 0 Å². The fourth-order valence-corrected chi connectivity index (χ4v) is 2.54. The molecule has 0 aliphatic rings. The first kappa shape index (κ1) is 13.3. The number of thiophene rings is 1. The monoisotopic (exact) mass is 346 g/mol. The Labute approximate surface area is 121 Å². The molecule has 94 valence electrons. The molecule has 2 aromatic rings. The normalized spacial score (nSPS) is 10.3. The molecule has 18 heavy (non-hydrogen) atoms. The van der Waals surface area contributed by atoms with Crippen molar-refractivity contribution in [3.8, 4) is 0 Å². The lowest BCUT2D eigenvalue weighted by Crippen LogP contribution is -1.98. The Balaban J connectivity index is 2.02. The molecule has 0 saturated carbocycles. The Morgan fingerprint density at radius 3 is 2.94 bits per heavy atom. The zero-order chi connectivity index (χ0) is 13.1. The first-order valence-electron chi connectivity index (χ1n) is 4.92. The maximum atomic E-state index is 10.7. The fraction of sp³-hybridized carbons (Fsp3) is 0.0909. The maximum Gasteiger partial charge on any atom is 0.336 e. The zero-order valence-corrected chi connectivity index (χ0v) is 12.1. The van der Waals surface area contributed by atoms with Gasteiger partial charge in [-0.05, 0) is 28.1 Å². The lowest BCUT2D eigenvalue weighted by molar-refractivity contribution is 0.0697. The number of anilines is 1. The molecule has 0 aliphatic carbocycles. The minimum absolute atomic E-state index is 0.312. The lowest BCUT2D eigenvalue weighted by atomic mass is 10.3. The Bertz CT molecular complexity index is 588. The van der Waals surface area contributed by atoms with Crippen LogP contribution in [0.5, 0.6) is 0 Å². The topological polar surface area (TPSA) is 62.2 Å². The van der Waals surface area contributed by atoms with Gasteiger partial charge in [-0.25, -0.2) is 9.78 Å². The molecule has 2 heterocycles. The van der Waals surface area contributed by atoms with Gasteiger partial charge in [0, 0.05) is 16.8 Å². The van der Waals surface area contributed by atoms with Crippen molar-refractivity contribution in [3.05, 3.63) is 43.8 Å². The van der Waals surface area contributed by atoms with Gasteiger partial charge in [-0.2, -0.15) is 0 Å². The average molecular weight is 348 g/mol. The molecule has 0 aliphatic heterocycles. The highest BCUT2D eigenvalue weighted by Gasteiger charge is 2.06. The Morgan fingerprint density at radius 1 is 1.56 bits per heavy atom. The zero-order valence-electron chi connectivity index (χ0n) is 8.98. The summed E-state index contributed by atoms with van der Waals surface area (Å²) in [5, 5.41) is 14.0. The molecule has 0 unspecified atom stereocenters. The van der Waals surface area contributed by atoms with Gasteiger partial charge in [0.2, 0.25) is 0 Å². The lowest BCUT2D eigenvalue weighted by Gasteiger charge is -2.05. The molecule has 4 nitrogen and oxygen atoms in total. The summed E-state index contributed by atoms with van der Waals surface area (Å²) in [6.45, 7) is 0.549. The highest BCUT2D eigenvalue weighted by Crippen LogP contribution is 2.23. The van der Waals surface area contributed by atoms with Crippen LogP contribution in [0.1, 0.15) is 15.2 Å². The van der Waals surface area contributed by atoms with Crippen molar-refractivity contribution >= 4 is 50.5 Å². The predicted octanol–water partition coefficient (Wildman–Crippen LogP) is 3.87. The van der Waals surface area contributed by atoms with Gasteiger partial charge in [0.25, 0.3) is 0 Å². The summed E-state index contributed by atoms with van der Waals surface area (Å²) in [7, 11) is 0. The summed E-state index contributed by atoms with van der Waals surface area (Å²) in [6.07, 6.45) is 1.62. The summed E-state index contributed by atoms with van der Waals surface area (Å²) >= 11 is 10.5. The SMILES string of the molecule is O=C(O)c1csc(CNc2cnc(Cl)c(Br)c2)c1. The quantitative estimate of drug-likeness (QED) is 0.824. The first-order chi connectivity index (χ1) is 8.56. The number of aromatic nitrogens is 1. The van der Waals surface area contributed by atoms with Crippen LogP contribution in [0.4, 0.5) is 5.69 Å². The number of hydrogen-bond acceptors (Lipinski definition) is 4. The summed E-state index contributed by atoms with van der Waals surface area (Å²) in [5.41, 5.74) is 1.13. The molecule has 0 radical (unpaired) electrons. The molecular formula is C11H8BrClN2O2S. The van der Waals surface area contributed by atoms with Crippen LogP contribution in [0.2, 0.25) is 5.15 Å². The van der Waals surface area contributed by atoms with Crippen molar-refractivity contribution in [3.63, 3.8) is 0 Å². The van der Waals surface area contributed by atoms with Gasteiger partial charge in [0.1, 0.15) is 5.15 Å². The van der Waals surface area contributed by atoms with Crippen LogP contribution < -0.4 is 5.32 Å². The molecule has 0 amide bonds. The van der Waals surface area contributed by atoms with E-state index in [0.29, 0.717) is 21.7 Å². The van der Waals surface area contributed by atoms with Gasteiger partial charge in [-0.15, -0.1) is 11.3 Å². The molecule has 0 spiro atoms. The standard InChI is InChI=1S/C11H8BrClN2O2S/c12-9-2-7(3-15-10(9)13)14-4-8-1-6(5-18-8)11(16)17/h1-3,5,14H,4H2,(H,16,17). The largest absolute Gasteiger partial charge is 0.478 e. The van der Waals surface area contributed by atoms with E-state index in [0.717, 1.165) is 10.6 Å². The molecule has 0 aromatic carbocycles. The van der Waals surface area contributed by atoms with Crippen LogP contribution in [0, 0.1) is 0 Å².